The number of anilines is 1. The number of aryl methyl sites for hydroxylation is 1. The maximum Gasteiger partial charge on any atom is 0.328 e. The number of carboxylic acid groups (broad SMARTS) is 1. The van der Waals surface area contributed by atoms with E-state index in [-0.39, 0.29) is 0 Å². The minimum atomic E-state index is -0.912. The van der Waals surface area contributed by atoms with E-state index >= 15 is 0 Å². The molecule has 1 rings (SSSR count). The van der Waals surface area contributed by atoms with Gasteiger partial charge in [0.1, 0.15) is 0 Å². The van der Waals surface area contributed by atoms with Crippen molar-refractivity contribution in [2.75, 3.05) is 11.9 Å². The van der Waals surface area contributed by atoms with Crippen LogP contribution >= 0.6 is 11.3 Å². The third kappa shape index (κ3) is 3.29. The Morgan fingerprint density at radius 2 is 2.54 bits per heavy atom. The monoisotopic (exact) mass is 197 g/mol. The molecule has 3 nitrogen and oxygen atoms in total. The summed E-state index contributed by atoms with van der Waals surface area (Å²) >= 11 is 1.62. The van der Waals surface area contributed by atoms with Gasteiger partial charge in [-0.3, -0.25) is 0 Å². The van der Waals surface area contributed by atoms with Crippen molar-refractivity contribution in [2.45, 2.75) is 6.92 Å². The normalized spacial score (nSPS) is 10.5. The third-order valence-electron chi connectivity index (χ3n) is 1.50. The summed E-state index contributed by atoms with van der Waals surface area (Å²) in [5.41, 5.74) is 1.19. The van der Waals surface area contributed by atoms with Gasteiger partial charge in [0.2, 0.25) is 0 Å². The Kier molecular flexibility index (Phi) is 3.52. The van der Waals surface area contributed by atoms with Crippen LogP contribution in [0.4, 0.5) is 5.00 Å². The molecule has 1 heterocycles. The molecule has 0 unspecified atom stereocenters. The van der Waals surface area contributed by atoms with Gasteiger partial charge in [-0.25, -0.2) is 4.79 Å². The molecule has 0 radical (unpaired) electrons. The van der Waals surface area contributed by atoms with Crippen LogP contribution < -0.4 is 5.32 Å². The van der Waals surface area contributed by atoms with Crippen molar-refractivity contribution in [3.8, 4) is 0 Å². The van der Waals surface area contributed by atoms with Gasteiger partial charge in [-0.15, -0.1) is 11.3 Å². The van der Waals surface area contributed by atoms with E-state index in [1.54, 1.807) is 17.4 Å². The Hall–Kier alpha value is -1.29. The summed E-state index contributed by atoms with van der Waals surface area (Å²) in [6.45, 7) is 2.56. The molecule has 13 heavy (non-hydrogen) atoms. The zero-order valence-corrected chi connectivity index (χ0v) is 8.10. The first-order valence-electron chi connectivity index (χ1n) is 3.87. The number of rotatable bonds is 4. The lowest BCUT2D eigenvalue weighted by molar-refractivity contribution is -0.131. The highest BCUT2D eigenvalue weighted by atomic mass is 32.1. The Morgan fingerprint density at radius 1 is 1.77 bits per heavy atom. The summed E-state index contributed by atoms with van der Waals surface area (Å²) in [7, 11) is 0. The van der Waals surface area contributed by atoms with Crippen molar-refractivity contribution < 1.29 is 9.90 Å². The second-order valence-electron chi connectivity index (χ2n) is 2.55. The molecule has 4 heteroatoms. The molecule has 0 saturated heterocycles. The van der Waals surface area contributed by atoms with Gasteiger partial charge in [0.05, 0.1) is 5.00 Å². The average Bonchev–Trinajstić information content (AvgIpc) is 2.45. The number of hydrogen-bond acceptors (Lipinski definition) is 3. The van der Waals surface area contributed by atoms with Crippen molar-refractivity contribution in [2.24, 2.45) is 0 Å². The van der Waals surface area contributed by atoms with Crippen LogP contribution in [0.25, 0.3) is 0 Å². The molecule has 0 saturated carbocycles. The molecule has 1 aromatic heterocycles. The summed E-state index contributed by atoms with van der Waals surface area (Å²) in [5, 5.41) is 14.5. The second kappa shape index (κ2) is 4.67. The van der Waals surface area contributed by atoms with Crippen LogP contribution in [-0.4, -0.2) is 17.6 Å². The van der Waals surface area contributed by atoms with Crippen LogP contribution in [0.5, 0.6) is 0 Å². The number of nitrogens with one attached hydrogen (secondary N) is 1. The van der Waals surface area contributed by atoms with E-state index in [0.717, 1.165) is 11.1 Å². The first-order valence-corrected chi connectivity index (χ1v) is 4.75. The quantitative estimate of drug-likeness (QED) is 0.727. The summed E-state index contributed by atoms with van der Waals surface area (Å²) in [4.78, 5) is 10.1. The molecule has 1 aromatic rings. The van der Waals surface area contributed by atoms with Gasteiger partial charge in [-0.2, -0.15) is 0 Å². The molecule has 0 fully saturated rings. The average molecular weight is 197 g/mol. The Bertz CT molecular complexity index is 317. The van der Waals surface area contributed by atoms with Crippen molar-refractivity contribution in [1.82, 2.24) is 0 Å². The van der Waals surface area contributed by atoms with Crippen molar-refractivity contribution in [1.29, 1.82) is 0 Å². The number of thiophene rings is 1. The molecule has 70 valence electrons. The SMILES string of the molecule is Cc1ccsc1NC/C=C/C(=O)O. The molecule has 0 amide bonds. The van der Waals surface area contributed by atoms with Crippen LogP contribution in [0.2, 0.25) is 0 Å². The van der Waals surface area contributed by atoms with Gasteiger partial charge in [0, 0.05) is 12.6 Å². The predicted octanol–water partition coefficient (Wildman–Crippen LogP) is 2.11. The van der Waals surface area contributed by atoms with E-state index in [0.29, 0.717) is 6.54 Å². The first-order chi connectivity index (χ1) is 6.20. The molecule has 0 atom stereocenters. The lowest BCUT2D eigenvalue weighted by atomic mass is 10.3. The predicted molar refractivity (Wildman–Crippen MR) is 54.3 cm³/mol. The number of aliphatic carboxylic acids is 1. The molecular weight excluding hydrogens is 186 g/mol. The molecule has 0 aromatic carbocycles. The van der Waals surface area contributed by atoms with E-state index in [4.69, 9.17) is 5.11 Å². The molecule has 0 aliphatic rings. The minimum Gasteiger partial charge on any atom is -0.478 e. The standard InChI is InChI=1S/C9H11NO2S/c1-7-4-6-13-9(7)10-5-2-3-8(11)12/h2-4,6,10H,5H2,1H3,(H,11,12)/b3-2+. The van der Waals surface area contributed by atoms with Crippen LogP contribution in [0.1, 0.15) is 5.56 Å². The summed E-state index contributed by atoms with van der Waals surface area (Å²) in [6.07, 6.45) is 2.72. The highest BCUT2D eigenvalue weighted by Gasteiger charge is 1.95. The van der Waals surface area contributed by atoms with Crippen LogP contribution in [-0.2, 0) is 4.79 Å². The lowest BCUT2D eigenvalue weighted by Crippen LogP contribution is -1.98. The van der Waals surface area contributed by atoms with Gasteiger partial charge in [-0.1, -0.05) is 6.08 Å². The van der Waals surface area contributed by atoms with Crippen molar-refractivity contribution >= 4 is 22.3 Å². The molecule has 0 spiro atoms. The molecule has 0 aliphatic heterocycles. The van der Waals surface area contributed by atoms with E-state index in [1.165, 1.54) is 5.56 Å². The zero-order valence-electron chi connectivity index (χ0n) is 7.28. The fourth-order valence-corrected chi connectivity index (χ4v) is 1.69. The van der Waals surface area contributed by atoms with Gasteiger partial charge in [0.15, 0.2) is 0 Å². The van der Waals surface area contributed by atoms with Crippen molar-refractivity contribution in [3.63, 3.8) is 0 Å². The van der Waals surface area contributed by atoms with Crippen LogP contribution in [0.15, 0.2) is 23.6 Å². The third-order valence-corrected chi connectivity index (χ3v) is 2.48. The Morgan fingerprint density at radius 3 is 3.08 bits per heavy atom. The highest BCUT2D eigenvalue weighted by Crippen LogP contribution is 2.21. The topological polar surface area (TPSA) is 49.3 Å². The minimum absolute atomic E-state index is 0.549. The van der Waals surface area contributed by atoms with E-state index in [1.807, 2.05) is 18.4 Å². The first kappa shape index (κ1) is 9.80. The van der Waals surface area contributed by atoms with Crippen molar-refractivity contribution in [3.05, 3.63) is 29.2 Å². The maximum absolute atomic E-state index is 10.1. The summed E-state index contributed by atoms with van der Waals surface area (Å²) in [6, 6.07) is 2.02. The fourth-order valence-electron chi connectivity index (χ4n) is 0.865. The summed E-state index contributed by atoms with van der Waals surface area (Å²) in [5.74, 6) is -0.912. The largest absolute Gasteiger partial charge is 0.478 e. The number of carbonyl (C=O) groups is 1. The van der Waals surface area contributed by atoms with Gasteiger partial charge < -0.3 is 10.4 Å². The number of carboxylic acids is 1. The van der Waals surface area contributed by atoms with Gasteiger partial charge in [-0.05, 0) is 23.9 Å². The second-order valence-corrected chi connectivity index (χ2v) is 3.47. The molecule has 0 bridgehead atoms. The zero-order chi connectivity index (χ0) is 9.68. The van der Waals surface area contributed by atoms with E-state index in [2.05, 4.69) is 5.32 Å². The number of hydrogen-bond donors (Lipinski definition) is 2. The highest BCUT2D eigenvalue weighted by molar-refractivity contribution is 7.14. The van der Waals surface area contributed by atoms with Crippen LogP contribution in [0.3, 0.4) is 0 Å². The van der Waals surface area contributed by atoms with Gasteiger partial charge in [0.25, 0.3) is 0 Å². The Labute approximate surface area is 80.7 Å². The van der Waals surface area contributed by atoms with Gasteiger partial charge >= 0.3 is 5.97 Å². The molecule has 0 aliphatic carbocycles. The molecular formula is C9H11NO2S. The lowest BCUT2D eigenvalue weighted by Gasteiger charge is -1.99. The van der Waals surface area contributed by atoms with Crippen LogP contribution in [0, 0.1) is 6.92 Å². The molecule has 2 N–H and O–H groups in total. The fraction of sp³-hybridized carbons (Fsp3) is 0.222. The van der Waals surface area contributed by atoms with E-state index in [9.17, 15) is 4.79 Å². The summed E-state index contributed by atoms with van der Waals surface area (Å²) < 4.78 is 0. The smallest absolute Gasteiger partial charge is 0.328 e. The van der Waals surface area contributed by atoms with E-state index < -0.39 is 5.97 Å². The maximum atomic E-state index is 10.1. The Balaban J connectivity index is 2.36.